The smallest absolute Gasteiger partial charge is 0.248 e. The lowest BCUT2D eigenvalue weighted by Crippen LogP contribution is -2.17. The molecule has 0 heterocycles. The van der Waals surface area contributed by atoms with E-state index in [-0.39, 0.29) is 12.8 Å². The molecule has 0 fully saturated rings. The van der Waals surface area contributed by atoms with Crippen LogP contribution >= 0.6 is 12.2 Å². The van der Waals surface area contributed by atoms with E-state index >= 15 is 0 Å². The van der Waals surface area contributed by atoms with Crippen LogP contribution in [0.25, 0.3) is 0 Å². The van der Waals surface area contributed by atoms with E-state index in [1.807, 2.05) is 0 Å². The molecule has 0 bridgehead atoms. The Morgan fingerprint density at radius 1 is 1.36 bits per heavy atom. The summed E-state index contributed by atoms with van der Waals surface area (Å²) in [5.74, 6) is -1.15. The van der Waals surface area contributed by atoms with E-state index < -0.39 is 16.6 Å². The zero-order valence-electron chi connectivity index (χ0n) is 5.62. The van der Waals surface area contributed by atoms with Crippen molar-refractivity contribution in [3.8, 4) is 0 Å². The monoisotopic (exact) mass is 172 g/mol. The molecule has 1 amide bonds. The Hall–Kier alpha value is -1.10. The summed E-state index contributed by atoms with van der Waals surface area (Å²) in [6.07, 6.45) is 1.08. The Morgan fingerprint density at radius 2 is 1.91 bits per heavy atom. The molecule has 0 aromatic carbocycles. The summed E-state index contributed by atoms with van der Waals surface area (Å²) in [5, 5.41) is 0. The number of carbonyl (C=O) groups excluding carboxylic acids is 3. The second kappa shape index (κ2) is 4.68. The van der Waals surface area contributed by atoms with Gasteiger partial charge in [0.2, 0.25) is 12.2 Å². The van der Waals surface area contributed by atoms with E-state index in [0.29, 0.717) is 0 Å². The van der Waals surface area contributed by atoms with Gasteiger partial charge >= 0.3 is 0 Å². The van der Waals surface area contributed by atoms with Gasteiger partial charge in [-0.1, -0.05) is 12.2 Å². The van der Waals surface area contributed by atoms with Gasteiger partial charge in [0.05, 0.1) is 0 Å². The summed E-state index contributed by atoms with van der Waals surface area (Å²) >= 11 is 4.30. The lowest BCUT2D eigenvalue weighted by Gasteiger charge is -1.91. The van der Waals surface area contributed by atoms with E-state index in [2.05, 4.69) is 12.2 Å². The van der Waals surface area contributed by atoms with Crippen LogP contribution in [0.15, 0.2) is 0 Å². The highest BCUT2D eigenvalue weighted by Crippen LogP contribution is 1.91. The van der Waals surface area contributed by atoms with Gasteiger partial charge in [0, 0.05) is 12.8 Å². The number of thiocarbonyl (C=S) groups is 1. The van der Waals surface area contributed by atoms with Crippen molar-refractivity contribution >= 4 is 35.1 Å². The highest BCUT2D eigenvalue weighted by molar-refractivity contribution is 7.83. The molecule has 0 spiro atoms. The number of rotatable bonds is 5. The van der Waals surface area contributed by atoms with E-state index in [4.69, 9.17) is 5.73 Å². The molecule has 0 saturated carbocycles. The number of ketones is 1. The molecule has 0 aliphatic heterocycles. The van der Waals surface area contributed by atoms with Crippen molar-refractivity contribution in [2.24, 2.45) is 5.73 Å². The molecule has 2 N–H and O–H groups in total. The fourth-order valence-corrected chi connectivity index (χ4v) is 0.509. The summed E-state index contributed by atoms with van der Waals surface area (Å²) < 4.78 is 0. The number of amides is 1. The summed E-state index contributed by atoms with van der Waals surface area (Å²) in [6, 6.07) is 0. The minimum Gasteiger partial charge on any atom is -0.370 e. The van der Waals surface area contributed by atoms with E-state index in [9.17, 15) is 14.4 Å². The topological polar surface area (TPSA) is 77.2 Å². The molecule has 11 heavy (non-hydrogen) atoms. The maximum Gasteiger partial charge on any atom is 0.248 e. The molecule has 0 aliphatic rings. The van der Waals surface area contributed by atoms with Crippen molar-refractivity contribution in [2.75, 3.05) is 0 Å². The minimum atomic E-state index is -0.591. The molecule has 5 heteroatoms. The van der Waals surface area contributed by atoms with Crippen LogP contribution in [0.3, 0.4) is 0 Å². The highest BCUT2D eigenvalue weighted by atomic mass is 32.1. The summed E-state index contributed by atoms with van der Waals surface area (Å²) in [5.41, 5.74) is 4.75. The molecule has 0 saturated heterocycles. The molecule has 0 rings (SSSR count). The van der Waals surface area contributed by atoms with Crippen LogP contribution in [-0.2, 0) is 14.4 Å². The van der Waals surface area contributed by atoms with Crippen LogP contribution in [0, 0.1) is 0 Å². The molecule has 0 unspecified atom stereocenters. The zero-order chi connectivity index (χ0) is 8.85. The van der Waals surface area contributed by atoms with Gasteiger partial charge in [-0.15, -0.1) is 0 Å². The Balaban J connectivity index is 3.79. The number of nitrogens with two attached hydrogens (primary N) is 1. The number of Topliss-reactive ketones (excluding diaryl/α,β-unsaturated/α-hetero) is 1. The predicted molar refractivity (Wildman–Crippen MR) is 41.7 cm³/mol. The third kappa shape index (κ3) is 4.32. The van der Waals surface area contributed by atoms with Crippen molar-refractivity contribution in [3.63, 3.8) is 0 Å². The number of hydrogen-bond acceptors (Lipinski definition) is 4. The van der Waals surface area contributed by atoms with Gasteiger partial charge in [0.15, 0.2) is 5.78 Å². The molecule has 4 nitrogen and oxygen atoms in total. The van der Waals surface area contributed by atoms with Gasteiger partial charge in [0.1, 0.15) is 4.86 Å². The van der Waals surface area contributed by atoms with Gasteiger partial charge in [-0.25, -0.2) is 0 Å². The van der Waals surface area contributed by atoms with Gasteiger partial charge in [-0.05, 0) is 0 Å². The van der Waals surface area contributed by atoms with Crippen molar-refractivity contribution in [3.05, 3.63) is 0 Å². The van der Waals surface area contributed by atoms with Crippen LogP contribution in [0.2, 0.25) is 0 Å². The molecule has 0 aromatic rings. The first-order chi connectivity index (χ1) is 5.07. The van der Waals surface area contributed by atoms with E-state index in [1.54, 1.807) is 0 Å². The molecule has 0 aliphatic carbocycles. The molecule has 1 radical (unpaired) electrons. The number of hydrogen-bond donors (Lipinski definition) is 1. The lowest BCUT2D eigenvalue weighted by molar-refractivity contribution is -0.120. The Kier molecular flexibility index (Phi) is 4.21. The van der Waals surface area contributed by atoms with Crippen molar-refractivity contribution in [1.82, 2.24) is 0 Å². The van der Waals surface area contributed by atoms with Crippen LogP contribution in [0.1, 0.15) is 12.8 Å². The quantitative estimate of drug-likeness (QED) is 0.439. The summed E-state index contributed by atoms with van der Waals surface area (Å²) in [7, 11) is 0. The van der Waals surface area contributed by atoms with Gasteiger partial charge in [-0.3, -0.25) is 14.4 Å². The van der Waals surface area contributed by atoms with E-state index in [0.717, 1.165) is 0 Å². The average molecular weight is 172 g/mol. The van der Waals surface area contributed by atoms with E-state index in [1.165, 1.54) is 6.29 Å². The fourth-order valence-electron chi connectivity index (χ4n) is 0.407. The normalized spacial score (nSPS) is 8.73. The van der Waals surface area contributed by atoms with Crippen LogP contribution in [0.4, 0.5) is 0 Å². The Bertz CT molecular complexity index is 212. The maximum atomic E-state index is 10.7. The minimum absolute atomic E-state index is 0.0827. The molecule has 59 valence electrons. The first kappa shape index (κ1) is 9.90. The van der Waals surface area contributed by atoms with Gasteiger partial charge < -0.3 is 5.73 Å². The summed E-state index contributed by atoms with van der Waals surface area (Å²) in [6.45, 7) is 0. The number of carbonyl (C=O) groups is 2. The highest BCUT2D eigenvalue weighted by Gasteiger charge is 2.09. The third-order valence-corrected chi connectivity index (χ3v) is 1.26. The van der Waals surface area contributed by atoms with Crippen molar-refractivity contribution in [2.45, 2.75) is 12.8 Å². The summed E-state index contributed by atoms with van der Waals surface area (Å²) in [4.78, 5) is 30.2. The largest absolute Gasteiger partial charge is 0.370 e. The standard InChI is InChI=1S/C6H6NO3S/c7-6(10)2-1-4(9)5(11)3-8/h1-2H2,(H2,7,10). The number of primary amides is 1. The first-order valence-corrected chi connectivity index (χ1v) is 3.22. The average Bonchev–Trinajstić information content (AvgIpc) is 1.98. The van der Waals surface area contributed by atoms with Crippen LogP contribution < -0.4 is 5.73 Å². The van der Waals surface area contributed by atoms with Crippen molar-refractivity contribution < 1.29 is 14.4 Å². The van der Waals surface area contributed by atoms with Crippen LogP contribution in [0.5, 0.6) is 0 Å². The van der Waals surface area contributed by atoms with Crippen LogP contribution in [-0.4, -0.2) is 22.8 Å². The lowest BCUT2D eigenvalue weighted by atomic mass is 10.2. The Labute approximate surface area is 68.7 Å². The second-order valence-electron chi connectivity index (χ2n) is 1.82. The van der Waals surface area contributed by atoms with Gasteiger partial charge in [0.25, 0.3) is 0 Å². The molecule has 0 aromatic heterocycles. The predicted octanol–water partition coefficient (Wildman–Crippen LogP) is -0.699. The van der Waals surface area contributed by atoms with Crippen molar-refractivity contribution in [1.29, 1.82) is 0 Å². The first-order valence-electron chi connectivity index (χ1n) is 2.81. The maximum absolute atomic E-state index is 10.7. The van der Waals surface area contributed by atoms with Gasteiger partial charge in [-0.2, -0.15) is 0 Å². The molecular formula is C6H6NO3S. The molecule has 0 atom stereocenters. The fraction of sp³-hybridized carbons (Fsp3) is 0.333. The Morgan fingerprint density at radius 3 is 2.27 bits per heavy atom. The molecular weight excluding hydrogens is 166 g/mol. The second-order valence-corrected chi connectivity index (χ2v) is 2.23. The zero-order valence-corrected chi connectivity index (χ0v) is 6.44. The SMILES string of the molecule is NC(=O)CCC(=O)C(=S)[C]=O. The third-order valence-electron chi connectivity index (χ3n) is 0.944.